The molecule has 0 aromatic heterocycles. The molecule has 0 radical (unpaired) electrons. The number of hydrogen-bond donors (Lipinski definition) is 1. The Hall–Kier alpha value is -2.49. The lowest BCUT2D eigenvalue weighted by atomic mass is 10.0. The van der Waals surface area contributed by atoms with Gasteiger partial charge in [-0.2, -0.15) is 0 Å². The molecule has 0 unspecified atom stereocenters. The number of ether oxygens (including phenoxy) is 2. The van der Waals surface area contributed by atoms with E-state index in [0.717, 1.165) is 28.2 Å². The first-order valence-corrected chi connectivity index (χ1v) is 7.12. The number of nitrogens with one attached hydrogen (secondary N) is 1. The van der Waals surface area contributed by atoms with Gasteiger partial charge in [0.15, 0.2) is 0 Å². The minimum absolute atomic E-state index is 0.101. The normalized spacial score (nSPS) is 10.2. The number of benzene rings is 2. The third-order valence-electron chi connectivity index (χ3n) is 3.86. The molecule has 1 N–H and O–H groups in total. The summed E-state index contributed by atoms with van der Waals surface area (Å²) in [6, 6.07) is 11.0. The Labute approximate surface area is 131 Å². The van der Waals surface area contributed by atoms with Gasteiger partial charge in [0, 0.05) is 12.1 Å². The molecule has 4 nitrogen and oxygen atoms in total. The molecule has 0 fully saturated rings. The fraction of sp³-hybridized carbons (Fsp3) is 0.278. The van der Waals surface area contributed by atoms with Crippen LogP contribution in [0.5, 0.6) is 11.5 Å². The zero-order valence-corrected chi connectivity index (χ0v) is 13.4. The molecule has 0 saturated carbocycles. The largest absolute Gasteiger partial charge is 0.497 e. The van der Waals surface area contributed by atoms with Crippen molar-refractivity contribution in [2.75, 3.05) is 14.2 Å². The minimum Gasteiger partial charge on any atom is -0.497 e. The summed E-state index contributed by atoms with van der Waals surface area (Å²) in [5.41, 5.74) is 3.93. The first kappa shape index (κ1) is 15.9. The van der Waals surface area contributed by atoms with E-state index in [1.807, 2.05) is 26.0 Å². The third kappa shape index (κ3) is 3.39. The summed E-state index contributed by atoms with van der Waals surface area (Å²) >= 11 is 0. The summed E-state index contributed by atoms with van der Waals surface area (Å²) in [6.07, 6.45) is 0. The molecule has 1 amide bonds. The van der Waals surface area contributed by atoms with Gasteiger partial charge >= 0.3 is 0 Å². The summed E-state index contributed by atoms with van der Waals surface area (Å²) < 4.78 is 10.4. The van der Waals surface area contributed by atoms with Gasteiger partial charge in [0.2, 0.25) is 0 Å². The molecule has 0 aliphatic rings. The molecule has 0 saturated heterocycles. The number of carbonyl (C=O) groups excluding carboxylic acids is 1. The molecule has 2 rings (SSSR count). The molecule has 0 atom stereocenters. The average molecular weight is 299 g/mol. The molecule has 0 aliphatic heterocycles. The Balaban J connectivity index is 2.06. The van der Waals surface area contributed by atoms with Crippen LogP contribution in [0.4, 0.5) is 0 Å². The van der Waals surface area contributed by atoms with E-state index in [0.29, 0.717) is 12.1 Å². The number of carbonyl (C=O) groups is 1. The number of amides is 1. The van der Waals surface area contributed by atoms with Crippen LogP contribution < -0.4 is 14.8 Å². The van der Waals surface area contributed by atoms with Crippen molar-refractivity contribution >= 4 is 5.91 Å². The highest BCUT2D eigenvalue weighted by atomic mass is 16.5. The van der Waals surface area contributed by atoms with Gasteiger partial charge in [-0.15, -0.1) is 0 Å². The fourth-order valence-corrected chi connectivity index (χ4v) is 2.28. The van der Waals surface area contributed by atoms with Gasteiger partial charge in [-0.25, -0.2) is 0 Å². The molecular weight excluding hydrogens is 278 g/mol. The summed E-state index contributed by atoms with van der Waals surface area (Å²) in [5.74, 6) is 1.50. The van der Waals surface area contributed by atoms with Crippen LogP contribution in [0, 0.1) is 13.8 Å². The zero-order chi connectivity index (χ0) is 16.1. The number of methoxy groups -OCH3 is 2. The number of hydrogen-bond acceptors (Lipinski definition) is 3. The molecule has 2 aromatic rings. The summed E-state index contributed by atoms with van der Waals surface area (Å²) in [7, 11) is 3.26. The van der Waals surface area contributed by atoms with Crippen molar-refractivity contribution in [1.29, 1.82) is 0 Å². The van der Waals surface area contributed by atoms with Crippen molar-refractivity contribution in [2.45, 2.75) is 20.4 Å². The van der Waals surface area contributed by atoms with E-state index in [9.17, 15) is 4.79 Å². The molecule has 2 aromatic carbocycles. The van der Waals surface area contributed by atoms with E-state index in [-0.39, 0.29) is 5.91 Å². The molecule has 0 spiro atoms. The quantitative estimate of drug-likeness (QED) is 0.922. The Morgan fingerprint density at radius 3 is 2.23 bits per heavy atom. The highest BCUT2D eigenvalue weighted by molar-refractivity contribution is 5.94. The second-order valence-corrected chi connectivity index (χ2v) is 5.09. The third-order valence-corrected chi connectivity index (χ3v) is 3.86. The maximum atomic E-state index is 12.2. The van der Waals surface area contributed by atoms with Crippen LogP contribution in [0.3, 0.4) is 0 Å². The van der Waals surface area contributed by atoms with E-state index >= 15 is 0 Å². The van der Waals surface area contributed by atoms with E-state index in [1.165, 1.54) is 0 Å². The second kappa shape index (κ2) is 6.98. The lowest BCUT2D eigenvalue weighted by Gasteiger charge is -2.13. The lowest BCUT2D eigenvalue weighted by molar-refractivity contribution is 0.0951. The number of rotatable bonds is 5. The average Bonchev–Trinajstić information content (AvgIpc) is 2.56. The predicted molar refractivity (Wildman–Crippen MR) is 86.6 cm³/mol. The van der Waals surface area contributed by atoms with Crippen LogP contribution in [0.25, 0.3) is 0 Å². The van der Waals surface area contributed by atoms with Gasteiger partial charge in [0.1, 0.15) is 11.5 Å². The lowest BCUT2D eigenvalue weighted by Crippen LogP contribution is -2.23. The first-order chi connectivity index (χ1) is 10.6. The van der Waals surface area contributed by atoms with Gasteiger partial charge < -0.3 is 14.8 Å². The van der Waals surface area contributed by atoms with Gasteiger partial charge in [-0.05, 0) is 60.9 Å². The van der Waals surface area contributed by atoms with Crippen molar-refractivity contribution in [2.24, 2.45) is 0 Å². The Kier molecular flexibility index (Phi) is 5.04. The van der Waals surface area contributed by atoms with Crippen molar-refractivity contribution in [3.05, 3.63) is 58.7 Å². The second-order valence-electron chi connectivity index (χ2n) is 5.09. The SMILES string of the molecule is COc1ccc(C(=O)NCc2ccc(OC)c(C)c2C)cc1. The predicted octanol–water partition coefficient (Wildman–Crippen LogP) is 3.25. The Morgan fingerprint density at radius 2 is 1.64 bits per heavy atom. The van der Waals surface area contributed by atoms with Crippen molar-refractivity contribution in [1.82, 2.24) is 5.32 Å². The molecule has 0 bridgehead atoms. The van der Waals surface area contributed by atoms with Gasteiger partial charge in [0.05, 0.1) is 14.2 Å². The smallest absolute Gasteiger partial charge is 0.251 e. The van der Waals surface area contributed by atoms with E-state index < -0.39 is 0 Å². The molecule has 0 heterocycles. The molecular formula is C18H21NO3. The van der Waals surface area contributed by atoms with Crippen LogP contribution in [-0.2, 0) is 6.54 Å². The van der Waals surface area contributed by atoms with Crippen molar-refractivity contribution in [3.8, 4) is 11.5 Å². The Bertz CT molecular complexity index is 663. The van der Waals surface area contributed by atoms with Crippen LogP contribution in [-0.4, -0.2) is 20.1 Å². The summed E-state index contributed by atoms with van der Waals surface area (Å²) in [6.45, 7) is 4.54. The molecule has 116 valence electrons. The van der Waals surface area contributed by atoms with Crippen LogP contribution in [0.15, 0.2) is 36.4 Å². The van der Waals surface area contributed by atoms with Crippen LogP contribution >= 0.6 is 0 Å². The molecule has 0 aliphatic carbocycles. The highest BCUT2D eigenvalue weighted by Crippen LogP contribution is 2.23. The topological polar surface area (TPSA) is 47.6 Å². The highest BCUT2D eigenvalue weighted by Gasteiger charge is 2.09. The maximum absolute atomic E-state index is 12.2. The fourth-order valence-electron chi connectivity index (χ4n) is 2.28. The van der Waals surface area contributed by atoms with Crippen molar-refractivity contribution < 1.29 is 14.3 Å². The van der Waals surface area contributed by atoms with Crippen LogP contribution in [0.1, 0.15) is 27.0 Å². The molecule has 22 heavy (non-hydrogen) atoms. The van der Waals surface area contributed by atoms with Gasteiger partial charge in [-0.1, -0.05) is 6.07 Å². The Morgan fingerprint density at radius 1 is 0.955 bits per heavy atom. The first-order valence-electron chi connectivity index (χ1n) is 7.12. The van der Waals surface area contributed by atoms with Gasteiger partial charge in [-0.3, -0.25) is 4.79 Å². The van der Waals surface area contributed by atoms with E-state index in [2.05, 4.69) is 5.32 Å². The zero-order valence-electron chi connectivity index (χ0n) is 13.4. The maximum Gasteiger partial charge on any atom is 0.251 e. The van der Waals surface area contributed by atoms with Crippen LogP contribution in [0.2, 0.25) is 0 Å². The van der Waals surface area contributed by atoms with E-state index in [1.54, 1.807) is 38.5 Å². The van der Waals surface area contributed by atoms with E-state index in [4.69, 9.17) is 9.47 Å². The minimum atomic E-state index is -0.101. The van der Waals surface area contributed by atoms with Crippen molar-refractivity contribution in [3.63, 3.8) is 0 Å². The summed E-state index contributed by atoms with van der Waals surface area (Å²) in [4.78, 5) is 12.2. The molecule has 4 heteroatoms. The van der Waals surface area contributed by atoms with Gasteiger partial charge in [0.25, 0.3) is 5.91 Å². The standard InChI is InChI=1S/C18H21NO3/c1-12-13(2)17(22-4)10-7-15(12)11-19-18(20)14-5-8-16(21-3)9-6-14/h5-10H,11H2,1-4H3,(H,19,20). The monoisotopic (exact) mass is 299 g/mol. The summed E-state index contributed by atoms with van der Waals surface area (Å²) in [5, 5.41) is 2.94.